The highest BCUT2D eigenvalue weighted by Crippen LogP contribution is 2.19. The predicted octanol–water partition coefficient (Wildman–Crippen LogP) is 0.821. The number of carboxylic acids is 1. The van der Waals surface area contributed by atoms with E-state index in [4.69, 9.17) is 9.66 Å². The second kappa shape index (κ2) is 5.63. The predicted molar refractivity (Wildman–Crippen MR) is 66.4 cm³/mol. The summed E-state index contributed by atoms with van der Waals surface area (Å²) in [6.07, 6.45) is 1.50. The minimum absolute atomic E-state index is 0.252. The lowest BCUT2D eigenvalue weighted by atomic mass is 10.2. The lowest BCUT2D eigenvalue weighted by Gasteiger charge is -2.06. The van der Waals surface area contributed by atoms with Crippen molar-refractivity contribution >= 4 is 27.7 Å². The lowest BCUT2D eigenvalue weighted by molar-refractivity contribution is -0.131. The van der Waals surface area contributed by atoms with Crippen molar-refractivity contribution < 1.29 is 27.7 Å². The zero-order valence-electron chi connectivity index (χ0n) is 9.82. The average Bonchev–Trinajstić information content (AvgIpc) is 2.24. The van der Waals surface area contributed by atoms with E-state index in [0.29, 0.717) is 6.08 Å². The molecule has 0 spiro atoms. The standard InChI is InChI=1S/C11H11NO6S/c1-7-6-8(2-3-9(7)19(16,17)18)12-10(13)4-5-11(14)15/h2-6H,1H3,(H,12,13)(H,14,15)(H,16,17,18)/b5-4-. The van der Waals surface area contributed by atoms with Crippen LogP contribution in [0.2, 0.25) is 0 Å². The van der Waals surface area contributed by atoms with E-state index in [1.807, 2.05) is 0 Å². The summed E-state index contributed by atoms with van der Waals surface area (Å²) in [5.41, 5.74) is 0.535. The lowest BCUT2D eigenvalue weighted by Crippen LogP contribution is -2.09. The number of amides is 1. The second-order valence-electron chi connectivity index (χ2n) is 3.62. The molecule has 0 radical (unpaired) electrons. The van der Waals surface area contributed by atoms with Gasteiger partial charge in [-0.1, -0.05) is 0 Å². The van der Waals surface area contributed by atoms with E-state index < -0.39 is 22.0 Å². The molecule has 7 nitrogen and oxygen atoms in total. The smallest absolute Gasteiger partial charge is 0.328 e. The summed E-state index contributed by atoms with van der Waals surface area (Å²) in [6, 6.07) is 3.76. The number of carbonyl (C=O) groups is 2. The van der Waals surface area contributed by atoms with Crippen molar-refractivity contribution in [3.8, 4) is 0 Å². The number of hydrogen-bond acceptors (Lipinski definition) is 4. The number of aryl methyl sites for hydroxylation is 1. The quantitative estimate of drug-likeness (QED) is 0.556. The summed E-state index contributed by atoms with van der Waals surface area (Å²) in [5, 5.41) is 10.7. The molecule has 0 bridgehead atoms. The molecule has 0 aliphatic heterocycles. The Bertz CT molecular complexity index is 647. The van der Waals surface area contributed by atoms with Crippen LogP contribution in [0.15, 0.2) is 35.2 Å². The normalized spacial score (nSPS) is 11.5. The molecule has 8 heteroatoms. The molecule has 102 valence electrons. The Morgan fingerprint density at radius 3 is 2.37 bits per heavy atom. The van der Waals surface area contributed by atoms with Gasteiger partial charge in [0.05, 0.1) is 4.90 Å². The van der Waals surface area contributed by atoms with Crippen LogP contribution < -0.4 is 5.32 Å². The van der Waals surface area contributed by atoms with Gasteiger partial charge in [-0.15, -0.1) is 0 Å². The van der Waals surface area contributed by atoms with Crippen molar-refractivity contribution in [3.05, 3.63) is 35.9 Å². The molecule has 0 fully saturated rings. The van der Waals surface area contributed by atoms with E-state index in [-0.39, 0.29) is 16.1 Å². The highest BCUT2D eigenvalue weighted by molar-refractivity contribution is 7.85. The number of benzene rings is 1. The summed E-state index contributed by atoms with van der Waals surface area (Å²) >= 11 is 0. The first kappa shape index (κ1) is 14.9. The van der Waals surface area contributed by atoms with Gasteiger partial charge in [0.15, 0.2) is 0 Å². The Hall–Kier alpha value is -2.19. The Balaban J connectivity index is 2.91. The van der Waals surface area contributed by atoms with Gasteiger partial charge in [0.25, 0.3) is 10.1 Å². The number of aliphatic carboxylic acids is 1. The number of anilines is 1. The van der Waals surface area contributed by atoms with Crippen molar-refractivity contribution in [1.29, 1.82) is 0 Å². The fraction of sp³-hybridized carbons (Fsp3) is 0.0909. The van der Waals surface area contributed by atoms with Crippen molar-refractivity contribution in [2.24, 2.45) is 0 Å². The number of carboxylic acid groups (broad SMARTS) is 1. The third-order valence-electron chi connectivity index (χ3n) is 2.10. The van der Waals surface area contributed by atoms with Crippen LogP contribution in [0.1, 0.15) is 5.56 Å². The maximum atomic E-state index is 11.3. The first-order chi connectivity index (χ1) is 8.70. The maximum Gasteiger partial charge on any atom is 0.328 e. The largest absolute Gasteiger partial charge is 0.478 e. The third-order valence-corrected chi connectivity index (χ3v) is 3.11. The van der Waals surface area contributed by atoms with Gasteiger partial charge in [0.2, 0.25) is 5.91 Å². The van der Waals surface area contributed by atoms with Crippen molar-refractivity contribution in [3.63, 3.8) is 0 Å². The Kier molecular flexibility index (Phi) is 4.41. The van der Waals surface area contributed by atoms with Gasteiger partial charge in [0, 0.05) is 17.8 Å². The molecule has 1 rings (SSSR count). The molecule has 0 aromatic heterocycles. The number of hydrogen-bond donors (Lipinski definition) is 3. The summed E-state index contributed by atoms with van der Waals surface area (Å²) in [6.45, 7) is 1.45. The number of rotatable bonds is 4. The molecule has 1 aromatic carbocycles. The molecular weight excluding hydrogens is 274 g/mol. The summed E-state index contributed by atoms with van der Waals surface area (Å²) in [5.74, 6) is -1.92. The molecule has 1 aromatic rings. The van der Waals surface area contributed by atoms with Crippen LogP contribution >= 0.6 is 0 Å². The van der Waals surface area contributed by atoms with E-state index in [1.165, 1.54) is 19.1 Å². The van der Waals surface area contributed by atoms with Crippen molar-refractivity contribution in [2.45, 2.75) is 11.8 Å². The van der Waals surface area contributed by atoms with E-state index in [0.717, 1.165) is 12.1 Å². The average molecular weight is 285 g/mol. The van der Waals surface area contributed by atoms with Crippen LogP contribution in [0.5, 0.6) is 0 Å². The summed E-state index contributed by atoms with van der Waals surface area (Å²) < 4.78 is 30.8. The molecule has 0 aliphatic carbocycles. The first-order valence-electron chi connectivity index (χ1n) is 5.00. The second-order valence-corrected chi connectivity index (χ2v) is 5.01. The van der Waals surface area contributed by atoms with Gasteiger partial charge in [0.1, 0.15) is 0 Å². The van der Waals surface area contributed by atoms with E-state index in [1.54, 1.807) is 0 Å². The van der Waals surface area contributed by atoms with Gasteiger partial charge in [-0.2, -0.15) is 8.42 Å². The van der Waals surface area contributed by atoms with Crippen LogP contribution in [-0.2, 0) is 19.7 Å². The topological polar surface area (TPSA) is 121 Å². The zero-order valence-corrected chi connectivity index (χ0v) is 10.6. The molecule has 19 heavy (non-hydrogen) atoms. The van der Waals surface area contributed by atoms with Crippen LogP contribution in [0.25, 0.3) is 0 Å². The van der Waals surface area contributed by atoms with Crippen molar-refractivity contribution in [1.82, 2.24) is 0 Å². The molecular formula is C11H11NO6S. The maximum absolute atomic E-state index is 11.3. The number of nitrogens with one attached hydrogen (secondary N) is 1. The number of carbonyl (C=O) groups excluding carboxylic acids is 1. The minimum Gasteiger partial charge on any atom is -0.478 e. The molecule has 0 saturated heterocycles. The van der Waals surface area contributed by atoms with Crippen LogP contribution in [0, 0.1) is 6.92 Å². The summed E-state index contributed by atoms with van der Waals surface area (Å²) in [7, 11) is -4.30. The highest BCUT2D eigenvalue weighted by atomic mass is 32.2. The van der Waals surface area contributed by atoms with Gasteiger partial charge in [-0.05, 0) is 30.7 Å². The fourth-order valence-electron chi connectivity index (χ4n) is 1.35. The van der Waals surface area contributed by atoms with E-state index >= 15 is 0 Å². The zero-order chi connectivity index (χ0) is 14.6. The minimum atomic E-state index is -4.30. The van der Waals surface area contributed by atoms with Crippen LogP contribution in [-0.4, -0.2) is 30.0 Å². The van der Waals surface area contributed by atoms with Crippen molar-refractivity contribution in [2.75, 3.05) is 5.32 Å². The van der Waals surface area contributed by atoms with Crippen LogP contribution in [0.4, 0.5) is 5.69 Å². The van der Waals surface area contributed by atoms with Gasteiger partial charge in [-0.25, -0.2) is 4.79 Å². The molecule has 1 amide bonds. The molecule has 0 heterocycles. The monoisotopic (exact) mass is 285 g/mol. The first-order valence-corrected chi connectivity index (χ1v) is 6.44. The molecule has 0 atom stereocenters. The van der Waals surface area contributed by atoms with Gasteiger partial charge < -0.3 is 10.4 Å². The van der Waals surface area contributed by atoms with E-state index in [9.17, 15) is 18.0 Å². The Morgan fingerprint density at radius 2 is 1.89 bits per heavy atom. The SMILES string of the molecule is Cc1cc(NC(=O)/C=C\C(=O)O)ccc1S(=O)(=O)O. The molecule has 0 aliphatic rings. The van der Waals surface area contributed by atoms with E-state index in [2.05, 4.69) is 5.32 Å². The van der Waals surface area contributed by atoms with Gasteiger partial charge in [-0.3, -0.25) is 9.35 Å². The van der Waals surface area contributed by atoms with Crippen LogP contribution in [0.3, 0.4) is 0 Å². The molecule has 0 saturated carbocycles. The third kappa shape index (κ3) is 4.53. The highest BCUT2D eigenvalue weighted by Gasteiger charge is 2.13. The Morgan fingerprint density at radius 1 is 1.26 bits per heavy atom. The van der Waals surface area contributed by atoms with Gasteiger partial charge >= 0.3 is 5.97 Å². The Labute approximate surface area is 109 Å². The fourth-order valence-corrected chi connectivity index (χ4v) is 2.05. The summed E-state index contributed by atoms with van der Waals surface area (Å²) in [4.78, 5) is 21.2. The molecule has 3 N–H and O–H groups in total. The molecule has 0 unspecified atom stereocenters.